The predicted molar refractivity (Wildman–Crippen MR) is 24.6 cm³/mol. The van der Waals surface area contributed by atoms with Crippen molar-refractivity contribution in [2.75, 3.05) is 6.61 Å². The van der Waals surface area contributed by atoms with Crippen LogP contribution in [0.15, 0.2) is 0 Å². The Bertz CT molecular complexity index is 127. The molecule has 0 spiro atoms. The van der Waals surface area contributed by atoms with E-state index in [0.717, 1.165) is 0 Å². The van der Waals surface area contributed by atoms with Gasteiger partial charge in [-0.1, -0.05) is 0 Å². The first kappa shape index (κ1) is 6.31. The average molecular weight is 134 g/mol. The topological polar surface area (TPSA) is 65.0 Å². The average Bonchev–Trinajstić information content (AvgIpc) is 1.60. The van der Waals surface area contributed by atoms with E-state index in [9.17, 15) is 4.79 Å². The van der Waals surface area contributed by atoms with E-state index >= 15 is 0 Å². The Morgan fingerprint density at radius 3 is 2.56 bits per heavy atom. The second-order valence-electron chi connectivity index (χ2n) is 1.85. The zero-order chi connectivity index (χ0) is 6.91. The molecule has 1 N–H and O–H groups in total. The van der Waals surface area contributed by atoms with Crippen LogP contribution >= 0.6 is 0 Å². The molecule has 1 saturated heterocycles. The molecule has 1 aliphatic heterocycles. The van der Waals surface area contributed by atoms with Crippen molar-refractivity contribution in [1.82, 2.24) is 0 Å². The first-order chi connectivity index (χ1) is 4.12. The Morgan fingerprint density at radius 2 is 2.44 bits per heavy atom. The number of hydrogen-bond acceptors (Lipinski definition) is 4. The van der Waals surface area contributed by atoms with Crippen molar-refractivity contribution >= 4 is 6.16 Å². The SMILES string of the molecule is CC1(OC(=O)O)COO1. The molecular formula is C4H6O5. The first-order valence-electron chi connectivity index (χ1n) is 2.35. The summed E-state index contributed by atoms with van der Waals surface area (Å²) >= 11 is 0. The molecule has 5 nitrogen and oxygen atoms in total. The van der Waals surface area contributed by atoms with Gasteiger partial charge in [0.15, 0.2) is 6.61 Å². The van der Waals surface area contributed by atoms with Crippen LogP contribution in [0.4, 0.5) is 4.79 Å². The normalized spacial score (nSPS) is 33.0. The van der Waals surface area contributed by atoms with Crippen molar-refractivity contribution in [3.8, 4) is 0 Å². The molecule has 1 heterocycles. The maximum atomic E-state index is 9.85. The molecule has 1 atom stereocenters. The fourth-order valence-electron chi connectivity index (χ4n) is 0.456. The second-order valence-corrected chi connectivity index (χ2v) is 1.85. The maximum Gasteiger partial charge on any atom is 0.508 e. The minimum atomic E-state index is -1.36. The predicted octanol–water partition coefficient (Wildman–Crippen LogP) is 0.359. The van der Waals surface area contributed by atoms with Crippen LogP contribution in [0, 0.1) is 0 Å². The van der Waals surface area contributed by atoms with Gasteiger partial charge in [-0.05, 0) is 0 Å². The Labute approximate surface area is 51.1 Å². The molecular weight excluding hydrogens is 128 g/mol. The standard InChI is InChI=1S/C4H6O5/c1-4(2-7-9-4)8-3(5)6/h2H2,1H3,(H,5,6). The maximum absolute atomic E-state index is 9.85. The van der Waals surface area contributed by atoms with Crippen LogP contribution in [-0.2, 0) is 14.5 Å². The lowest BCUT2D eigenvalue weighted by atomic mass is 10.3. The molecule has 0 bridgehead atoms. The molecule has 1 fully saturated rings. The van der Waals surface area contributed by atoms with Gasteiger partial charge >= 0.3 is 6.16 Å². The molecule has 0 aromatic heterocycles. The van der Waals surface area contributed by atoms with Crippen molar-refractivity contribution in [3.63, 3.8) is 0 Å². The minimum Gasteiger partial charge on any atom is -0.450 e. The second kappa shape index (κ2) is 1.85. The number of rotatable bonds is 1. The number of carbonyl (C=O) groups is 1. The van der Waals surface area contributed by atoms with Gasteiger partial charge < -0.3 is 9.84 Å². The van der Waals surface area contributed by atoms with E-state index in [-0.39, 0.29) is 6.61 Å². The molecule has 0 aliphatic carbocycles. The lowest BCUT2D eigenvalue weighted by Crippen LogP contribution is -2.48. The van der Waals surface area contributed by atoms with Crippen LogP contribution in [0.3, 0.4) is 0 Å². The smallest absolute Gasteiger partial charge is 0.450 e. The van der Waals surface area contributed by atoms with Gasteiger partial charge in [0.05, 0.1) is 0 Å². The summed E-state index contributed by atoms with van der Waals surface area (Å²) in [5.74, 6) is -1.08. The van der Waals surface area contributed by atoms with Crippen LogP contribution in [0.5, 0.6) is 0 Å². The summed E-state index contributed by atoms with van der Waals surface area (Å²) in [6.45, 7) is 1.63. The summed E-state index contributed by atoms with van der Waals surface area (Å²) in [6, 6.07) is 0. The molecule has 1 rings (SSSR count). The molecule has 1 aliphatic rings. The Kier molecular flexibility index (Phi) is 1.30. The molecule has 9 heavy (non-hydrogen) atoms. The van der Waals surface area contributed by atoms with Crippen LogP contribution in [0.1, 0.15) is 6.92 Å². The Balaban J connectivity index is 2.33. The fourth-order valence-corrected chi connectivity index (χ4v) is 0.456. The molecule has 0 saturated carbocycles. The highest BCUT2D eigenvalue weighted by Crippen LogP contribution is 2.22. The highest BCUT2D eigenvalue weighted by Gasteiger charge is 2.40. The largest absolute Gasteiger partial charge is 0.508 e. The van der Waals surface area contributed by atoms with E-state index in [1.807, 2.05) is 0 Å². The molecule has 0 radical (unpaired) electrons. The van der Waals surface area contributed by atoms with Gasteiger partial charge in [0.25, 0.3) is 5.79 Å². The van der Waals surface area contributed by atoms with Gasteiger partial charge in [0.1, 0.15) is 0 Å². The van der Waals surface area contributed by atoms with Gasteiger partial charge in [0.2, 0.25) is 0 Å². The van der Waals surface area contributed by atoms with E-state index in [1.165, 1.54) is 6.92 Å². The van der Waals surface area contributed by atoms with Crippen molar-refractivity contribution in [3.05, 3.63) is 0 Å². The van der Waals surface area contributed by atoms with Crippen molar-refractivity contribution in [2.24, 2.45) is 0 Å². The summed E-state index contributed by atoms with van der Waals surface area (Å²) < 4.78 is 4.24. The van der Waals surface area contributed by atoms with Crippen LogP contribution in [0.2, 0.25) is 0 Å². The monoisotopic (exact) mass is 134 g/mol. The summed E-state index contributed by atoms with van der Waals surface area (Å²) in [7, 11) is 0. The summed E-state index contributed by atoms with van der Waals surface area (Å²) in [5, 5.41) is 8.06. The minimum absolute atomic E-state index is 0.152. The molecule has 0 aromatic carbocycles. The highest BCUT2D eigenvalue weighted by molar-refractivity contribution is 5.57. The molecule has 5 heteroatoms. The third-order valence-electron chi connectivity index (χ3n) is 0.860. The van der Waals surface area contributed by atoms with Gasteiger partial charge in [-0.25, -0.2) is 9.68 Å². The van der Waals surface area contributed by atoms with E-state index in [4.69, 9.17) is 5.11 Å². The summed E-state index contributed by atoms with van der Waals surface area (Å²) in [6.07, 6.45) is -1.36. The van der Waals surface area contributed by atoms with Crippen molar-refractivity contribution in [2.45, 2.75) is 12.7 Å². The van der Waals surface area contributed by atoms with Gasteiger partial charge in [-0.2, -0.15) is 4.89 Å². The van der Waals surface area contributed by atoms with E-state index < -0.39 is 11.9 Å². The van der Waals surface area contributed by atoms with Crippen LogP contribution in [0.25, 0.3) is 0 Å². The molecule has 0 amide bonds. The third-order valence-corrected chi connectivity index (χ3v) is 0.860. The highest BCUT2D eigenvalue weighted by atomic mass is 17.3. The zero-order valence-corrected chi connectivity index (χ0v) is 4.79. The first-order valence-corrected chi connectivity index (χ1v) is 2.35. The van der Waals surface area contributed by atoms with Crippen molar-refractivity contribution in [1.29, 1.82) is 0 Å². The van der Waals surface area contributed by atoms with Crippen LogP contribution < -0.4 is 0 Å². The Morgan fingerprint density at radius 1 is 1.89 bits per heavy atom. The fraction of sp³-hybridized carbons (Fsp3) is 0.750. The van der Waals surface area contributed by atoms with Crippen molar-refractivity contribution < 1.29 is 24.4 Å². The lowest BCUT2D eigenvalue weighted by molar-refractivity contribution is -0.521. The van der Waals surface area contributed by atoms with Crippen LogP contribution in [-0.4, -0.2) is 23.7 Å². The summed E-state index contributed by atoms with van der Waals surface area (Å²) in [5.41, 5.74) is 0. The third kappa shape index (κ3) is 1.30. The summed E-state index contributed by atoms with van der Waals surface area (Å²) in [4.78, 5) is 18.4. The zero-order valence-electron chi connectivity index (χ0n) is 4.79. The quantitative estimate of drug-likeness (QED) is 0.414. The number of carboxylic acid groups (broad SMARTS) is 1. The van der Waals surface area contributed by atoms with Gasteiger partial charge in [-0.3, -0.25) is 0 Å². The lowest BCUT2D eigenvalue weighted by Gasteiger charge is -2.33. The Hall–Kier alpha value is -0.810. The number of ether oxygens (including phenoxy) is 1. The number of hydrogen-bond donors (Lipinski definition) is 1. The van der Waals surface area contributed by atoms with Gasteiger partial charge in [0, 0.05) is 6.92 Å². The molecule has 52 valence electrons. The van der Waals surface area contributed by atoms with E-state index in [2.05, 4.69) is 14.5 Å². The van der Waals surface area contributed by atoms with Gasteiger partial charge in [-0.15, -0.1) is 0 Å². The molecule has 0 aromatic rings. The molecule has 1 unspecified atom stereocenters. The van der Waals surface area contributed by atoms with E-state index in [0.29, 0.717) is 0 Å². The van der Waals surface area contributed by atoms with E-state index in [1.54, 1.807) is 0 Å².